The van der Waals surface area contributed by atoms with Crippen LogP contribution in [0.2, 0.25) is 0 Å². The number of aromatic nitrogens is 2. The van der Waals surface area contributed by atoms with Gasteiger partial charge in [-0.2, -0.15) is 8.42 Å². The van der Waals surface area contributed by atoms with Crippen molar-refractivity contribution in [3.8, 4) is 0 Å². The lowest BCUT2D eigenvalue weighted by molar-refractivity contribution is 0.598. The van der Waals surface area contributed by atoms with E-state index in [9.17, 15) is 17.6 Å². The van der Waals surface area contributed by atoms with Gasteiger partial charge in [0.15, 0.2) is 5.84 Å². The molecule has 4 rings (SSSR count). The minimum atomic E-state index is -4.03. The molecule has 9 heteroatoms. The van der Waals surface area contributed by atoms with Crippen LogP contribution >= 0.6 is 0 Å². The number of fused-ring (bicyclic) bond motifs is 1. The summed E-state index contributed by atoms with van der Waals surface area (Å²) in [6, 6.07) is 16.6. The van der Waals surface area contributed by atoms with E-state index in [-0.39, 0.29) is 16.4 Å². The Morgan fingerprint density at radius 2 is 1.60 bits per heavy atom. The summed E-state index contributed by atoms with van der Waals surface area (Å²) >= 11 is 0. The fourth-order valence-corrected chi connectivity index (χ4v) is 3.86. The number of H-pyrrole nitrogens is 2. The van der Waals surface area contributed by atoms with Crippen LogP contribution in [-0.2, 0) is 10.0 Å². The third-order valence-electron chi connectivity index (χ3n) is 4.43. The van der Waals surface area contributed by atoms with E-state index in [1.807, 2.05) is 6.92 Å². The largest absolute Gasteiger partial charge is 0.339 e. The lowest BCUT2D eigenvalue weighted by Crippen LogP contribution is -2.16. The Balaban J connectivity index is 1.78. The van der Waals surface area contributed by atoms with Crippen molar-refractivity contribution in [3.63, 3.8) is 0 Å². The number of nitrogens with one attached hydrogen (secondary N) is 3. The van der Waals surface area contributed by atoms with Crippen molar-refractivity contribution in [1.82, 2.24) is 9.97 Å². The number of imidazole rings is 1. The van der Waals surface area contributed by atoms with Gasteiger partial charge in [0, 0.05) is 11.3 Å². The molecular formula is C21H17FN4O3S. The molecule has 3 aromatic carbocycles. The molecule has 0 fully saturated rings. The highest BCUT2D eigenvalue weighted by Crippen LogP contribution is 2.19. The van der Waals surface area contributed by atoms with Crippen LogP contribution in [-0.4, -0.2) is 24.2 Å². The minimum absolute atomic E-state index is 0.0211. The van der Waals surface area contributed by atoms with E-state index in [2.05, 4.69) is 19.7 Å². The Labute approximate surface area is 171 Å². The molecule has 30 heavy (non-hydrogen) atoms. The first-order chi connectivity index (χ1) is 14.3. The molecule has 0 radical (unpaired) electrons. The summed E-state index contributed by atoms with van der Waals surface area (Å²) in [6.07, 6.45) is 0. The van der Waals surface area contributed by atoms with Gasteiger partial charge in [-0.3, -0.25) is 0 Å². The summed E-state index contributed by atoms with van der Waals surface area (Å²) in [5.74, 6) is -0.432. The Hall–Kier alpha value is -3.72. The predicted octanol–water partition coefficient (Wildman–Crippen LogP) is 3.55. The summed E-state index contributed by atoms with van der Waals surface area (Å²) in [5.41, 5.74) is 2.61. The average molecular weight is 424 g/mol. The highest BCUT2D eigenvalue weighted by atomic mass is 32.2. The molecular weight excluding hydrogens is 407 g/mol. The monoisotopic (exact) mass is 424 g/mol. The van der Waals surface area contributed by atoms with Crippen LogP contribution in [0.3, 0.4) is 0 Å². The van der Waals surface area contributed by atoms with Gasteiger partial charge in [0.25, 0.3) is 10.0 Å². The van der Waals surface area contributed by atoms with Crippen LogP contribution in [0.4, 0.5) is 10.1 Å². The fourth-order valence-electron chi connectivity index (χ4n) is 2.89. The lowest BCUT2D eigenvalue weighted by atomic mass is 10.2. The SMILES string of the molecule is Cc1ccc(S(=O)(=O)/N=C(/Nc2ccc3[nH]c(=O)[nH]c3c2)c2ccc(F)cc2)cc1. The highest BCUT2D eigenvalue weighted by Gasteiger charge is 2.16. The number of hydrogen-bond donors (Lipinski definition) is 3. The number of aromatic amines is 2. The third-order valence-corrected chi connectivity index (χ3v) is 5.72. The van der Waals surface area contributed by atoms with Gasteiger partial charge >= 0.3 is 5.69 Å². The molecule has 4 aromatic rings. The molecule has 0 saturated heterocycles. The second kappa shape index (κ2) is 7.60. The van der Waals surface area contributed by atoms with Crippen molar-refractivity contribution in [1.29, 1.82) is 0 Å². The van der Waals surface area contributed by atoms with Crippen molar-refractivity contribution < 1.29 is 12.8 Å². The maximum absolute atomic E-state index is 13.4. The topological polar surface area (TPSA) is 107 Å². The number of amidine groups is 1. The maximum Gasteiger partial charge on any atom is 0.323 e. The molecule has 152 valence electrons. The summed E-state index contributed by atoms with van der Waals surface area (Å²) in [5, 5.41) is 2.97. The normalized spacial score (nSPS) is 12.3. The van der Waals surface area contributed by atoms with Gasteiger partial charge in [-0.05, 0) is 61.5 Å². The summed E-state index contributed by atoms with van der Waals surface area (Å²) in [7, 11) is -4.03. The second-order valence-corrected chi connectivity index (χ2v) is 8.30. The standard InChI is InChI=1S/C21H17FN4O3S/c1-13-2-9-17(10-3-13)30(28,29)26-20(14-4-6-15(22)7-5-14)23-16-8-11-18-19(12-16)25-21(27)24-18/h2-12H,1H3,(H,23,26)(H2,24,25,27). The van der Waals surface area contributed by atoms with Gasteiger partial charge in [0.1, 0.15) is 5.82 Å². The van der Waals surface area contributed by atoms with Gasteiger partial charge in [-0.15, -0.1) is 4.40 Å². The van der Waals surface area contributed by atoms with Gasteiger partial charge < -0.3 is 15.3 Å². The van der Waals surface area contributed by atoms with Crippen LogP contribution < -0.4 is 11.0 Å². The number of aryl methyl sites for hydroxylation is 1. The van der Waals surface area contributed by atoms with E-state index in [4.69, 9.17) is 0 Å². The molecule has 0 aliphatic rings. The molecule has 1 aromatic heterocycles. The Morgan fingerprint density at radius 3 is 2.30 bits per heavy atom. The molecule has 0 unspecified atom stereocenters. The number of halogens is 1. The maximum atomic E-state index is 13.4. The van der Waals surface area contributed by atoms with Crippen molar-refractivity contribution in [2.24, 2.45) is 4.40 Å². The molecule has 0 aliphatic heterocycles. The number of rotatable bonds is 4. The molecule has 1 heterocycles. The quantitative estimate of drug-likeness (QED) is 0.344. The zero-order chi connectivity index (χ0) is 21.3. The second-order valence-electron chi connectivity index (χ2n) is 6.70. The van der Waals surface area contributed by atoms with Crippen molar-refractivity contribution in [3.05, 3.63) is 94.2 Å². The van der Waals surface area contributed by atoms with Gasteiger partial charge in [0.2, 0.25) is 0 Å². The summed E-state index contributed by atoms with van der Waals surface area (Å²) < 4.78 is 43.0. The van der Waals surface area contributed by atoms with Crippen molar-refractivity contribution in [2.75, 3.05) is 5.32 Å². The zero-order valence-corrected chi connectivity index (χ0v) is 16.6. The number of anilines is 1. The number of nitrogens with zero attached hydrogens (tertiary/aromatic N) is 1. The van der Waals surface area contributed by atoms with Crippen molar-refractivity contribution in [2.45, 2.75) is 11.8 Å². The van der Waals surface area contributed by atoms with E-state index < -0.39 is 15.8 Å². The van der Waals surface area contributed by atoms with Crippen LogP contribution in [0.1, 0.15) is 11.1 Å². The van der Waals surface area contributed by atoms with Crippen LogP contribution in [0.15, 0.2) is 80.8 Å². The Kier molecular flexibility index (Phi) is 4.96. The van der Waals surface area contributed by atoms with Gasteiger partial charge in [0.05, 0.1) is 15.9 Å². The smallest absolute Gasteiger partial charge is 0.323 e. The molecule has 0 atom stereocenters. The van der Waals surface area contributed by atoms with Gasteiger partial charge in [-0.1, -0.05) is 17.7 Å². The van der Waals surface area contributed by atoms with Crippen LogP contribution in [0.5, 0.6) is 0 Å². The average Bonchev–Trinajstić information content (AvgIpc) is 3.07. The molecule has 0 amide bonds. The predicted molar refractivity (Wildman–Crippen MR) is 114 cm³/mol. The summed E-state index contributed by atoms with van der Waals surface area (Å²) in [6.45, 7) is 1.85. The molecule has 7 nitrogen and oxygen atoms in total. The van der Waals surface area contributed by atoms with E-state index in [1.54, 1.807) is 30.3 Å². The molecule has 0 aliphatic carbocycles. The number of benzene rings is 3. The van der Waals surface area contributed by atoms with Crippen LogP contribution in [0, 0.1) is 12.7 Å². The first-order valence-electron chi connectivity index (χ1n) is 8.97. The first kappa shape index (κ1) is 19.6. The van der Waals surface area contributed by atoms with E-state index >= 15 is 0 Å². The van der Waals surface area contributed by atoms with Crippen LogP contribution in [0.25, 0.3) is 11.0 Å². The van der Waals surface area contributed by atoms with E-state index in [0.717, 1.165) is 5.56 Å². The van der Waals surface area contributed by atoms with E-state index in [0.29, 0.717) is 22.3 Å². The zero-order valence-electron chi connectivity index (χ0n) is 15.8. The minimum Gasteiger partial charge on any atom is -0.339 e. The first-order valence-corrected chi connectivity index (χ1v) is 10.4. The molecule has 0 bridgehead atoms. The lowest BCUT2D eigenvalue weighted by Gasteiger charge is -2.11. The molecule has 0 saturated carbocycles. The summed E-state index contributed by atoms with van der Waals surface area (Å²) in [4.78, 5) is 16.8. The van der Waals surface area contributed by atoms with Gasteiger partial charge in [-0.25, -0.2) is 9.18 Å². The fraction of sp³-hybridized carbons (Fsp3) is 0.0476. The Morgan fingerprint density at radius 1 is 0.933 bits per heavy atom. The van der Waals surface area contributed by atoms with Crippen molar-refractivity contribution >= 4 is 32.6 Å². The Bertz CT molecular complexity index is 1400. The number of sulfonamides is 1. The number of hydrogen-bond acceptors (Lipinski definition) is 3. The molecule has 3 N–H and O–H groups in total. The highest BCUT2D eigenvalue weighted by molar-refractivity contribution is 7.90. The third kappa shape index (κ3) is 4.15. The molecule has 0 spiro atoms. The van der Waals surface area contributed by atoms with E-state index in [1.165, 1.54) is 36.4 Å².